The van der Waals surface area contributed by atoms with E-state index in [1.165, 1.54) is 44.9 Å². The Morgan fingerprint density at radius 3 is 1.54 bits per heavy atom. The second-order valence-electron chi connectivity index (χ2n) is 20.1. The van der Waals surface area contributed by atoms with Crippen LogP contribution in [0.2, 0.25) is 0 Å². The molecule has 0 spiro atoms. The average Bonchev–Trinajstić information content (AvgIpc) is 3.44. The van der Waals surface area contributed by atoms with Crippen LogP contribution in [0.1, 0.15) is 201 Å². The molecule has 1 aliphatic rings. The van der Waals surface area contributed by atoms with Crippen LogP contribution in [0, 0.1) is 0 Å². The summed E-state index contributed by atoms with van der Waals surface area (Å²) in [7, 11) is 0. The lowest BCUT2D eigenvalue weighted by Crippen LogP contribution is -2.61. The molecule has 78 heavy (non-hydrogen) atoms. The molecule has 0 radical (unpaired) electrons. The Morgan fingerprint density at radius 2 is 0.987 bits per heavy atom. The first-order valence-corrected chi connectivity index (χ1v) is 30.2. The van der Waals surface area contributed by atoms with E-state index in [1.54, 1.807) is 6.08 Å². The molecule has 8 unspecified atom stereocenters. The minimum absolute atomic E-state index is 0.0859. The highest BCUT2D eigenvalue weighted by atomic mass is 16.7. The van der Waals surface area contributed by atoms with Gasteiger partial charge in [0.2, 0.25) is 5.91 Å². The largest absolute Gasteiger partial charge is 0.454 e. The quantitative estimate of drug-likeness (QED) is 0.0149. The highest BCUT2D eigenvalue weighted by Crippen LogP contribution is 2.26. The maximum absolute atomic E-state index is 13.4. The Balaban J connectivity index is 2.75. The van der Waals surface area contributed by atoms with Crippen molar-refractivity contribution in [2.75, 3.05) is 13.2 Å². The molecule has 11 nitrogen and oxygen atoms in total. The van der Waals surface area contributed by atoms with Gasteiger partial charge in [-0.15, -0.1) is 0 Å². The fourth-order valence-corrected chi connectivity index (χ4v) is 8.41. The molecule has 1 saturated heterocycles. The second kappa shape index (κ2) is 53.2. The van der Waals surface area contributed by atoms with Gasteiger partial charge >= 0.3 is 5.97 Å². The topological polar surface area (TPSA) is 175 Å². The molecule has 1 aliphatic heterocycles. The van der Waals surface area contributed by atoms with Crippen molar-refractivity contribution in [3.8, 4) is 0 Å². The van der Waals surface area contributed by atoms with Crippen LogP contribution < -0.4 is 5.32 Å². The smallest absolute Gasteiger partial charge is 0.306 e. The molecule has 0 saturated carbocycles. The number of esters is 1. The number of carbonyl (C=O) groups is 2. The number of ether oxygens (including phenoxy) is 3. The highest BCUT2D eigenvalue weighted by molar-refractivity contribution is 5.80. The van der Waals surface area contributed by atoms with Gasteiger partial charge in [-0.1, -0.05) is 250 Å². The Morgan fingerprint density at radius 1 is 0.526 bits per heavy atom. The summed E-state index contributed by atoms with van der Waals surface area (Å²) in [5.41, 5.74) is 0. The summed E-state index contributed by atoms with van der Waals surface area (Å²) in [5.74, 6) is -1.27. The number of allylic oxidation sites excluding steroid dienone is 23. The Labute approximate surface area is 473 Å². The summed E-state index contributed by atoms with van der Waals surface area (Å²) in [6, 6.07) is -1.06. The van der Waals surface area contributed by atoms with E-state index in [9.17, 15) is 35.1 Å². The van der Waals surface area contributed by atoms with E-state index in [0.717, 1.165) is 109 Å². The number of rotatable bonds is 48. The lowest BCUT2D eigenvalue weighted by Gasteiger charge is -2.41. The minimum Gasteiger partial charge on any atom is -0.454 e. The molecular formula is C67H107NO10. The summed E-state index contributed by atoms with van der Waals surface area (Å²) < 4.78 is 17.6. The molecule has 1 rings (SSSR count). The van der Waals surface area contributed by atoms with E-state index in [0.29, 0.717) is 12.8 Å². The fourth-order valence-electron chi connectivity index (χ4n) is 8.41. The summed E-state index contributed by atoms with van der Waals surface area (Å²) in [6.07, 6.45) is 65.9. The van der Waals surface area contributed by atoms with E-state index in [4.69, 9.17) is 14.2 Å². The number of carbonyl (C=O) groups excluding carboxylic acids is 2. The number of nitrogens with one attached hydrogen (secondary N) is 1. The standard InChI is InChI=1S/C67H107NO10/c1-4-7-10-13-16-19-22-25-27-29-30-31-32-33-35-37-40-43-46-49-52-55-62(72)78-65-64(74)63(73)61(56-69)77-67(65)76-57-58(59(70)53-50-47-44-41-38-24-21-18-15-12-9-6-3)68-66(75)60(71)54-51-48-45-42-39-36-34-28-26-23-20-17-14-11-8-5-2/h7-8,10-11,14,16-17,19-20,23,25-28,30-31,33-36,39,42,50,53,58-61,63-65,67,69-71,73-74H,4-6,9,12-13,15,18,21-22,24,29,32,37-38,40-41,43-49,51-52,54-57H2,1-3H3,(H,68,75)/b10-7-,11-8-,17-14+,19-16-,23-20+,27-25-,28-26-,31-30-,35-33-,36-34+,42-39+,53-50+. The molecule has 6 N–H and O–H groups in total. The first-order valence-electron chi connectivity index (χ1n) is 30.2. The molecule has 0 bridgehead atoms. The average molecular weight is 1090 g/mol. The molecule has 440 valence electrons. The summed E-state index contributed by atoms with van der Waals surface area (Å²) in [6.45, 7) is 5.46. The van der Waals surface area contributed by atoms with Crippen LogP contribution in [0.25, 0.3) is 0 Å². The van der Waals surface area contributed by atoms with Crippen molar-refractivity contribution in [1.29, 1.82) is 0 Å². The van der Waals surface area contributed by atoms with E-state index < -0.39 is 67.4 Å². The van der Waals surface area contributed by atoms with Crippen molar-refractivity contribution >= 4 is 11.9 Å². The molecule has 0 aromatic rings. The van der Waals surface area contributed by atoms with Gasteiger partial charge < -0.3 is 45.1 Å². The fraction of sp³-hybridized carbons (Fsp3) is 0.612. The number of amides is 1. The molecule has 1 amide bonds. The van der Waals surface area contributed by atoms with Crippen molar-refractivity contribution in [2.45, 2.75) is 250 Å². The third-order valence-corrected chi connectivity index (χ3v) is 13.1. The zero-order valence-corrected chi connectivity index (χ0v) is 48.5. The van der Waals surface area contributed by atoms with Gasteiger partial charge in [-0.3, -0.25) is 9.59 Å². The lowest BCUT2D eigenvalue weighted by molar-refractivity contribution is -0.305. The van der Waals surface area contributed by atoms with Gasteiger partial charge in [-0.05, 0) is 89.9 Å². The van der Waals surface area contributed by atoms with Gasteiger partial charge in [0, 0.05) is 6.42 Å². The molecule has 0 aromatic heterocycles. The predicted molar refractivity (Wildman–Crippen MR) is 324 cm³/mol. The molecule has 8 atom stereocenters. The minimum atomic E-state index is -1.64. The molecule has 1 heterocycles. The number of aliphatic hydroxyl groups is 5. The van der Waals surface area contributed by atoms with Crippen molar-refractivity contribution in [3.05, 3.63) is 146 Å². The SMILES string of the molecule is CC\C=C/C=C/C=C/C=C\C=C\C=C\CCCCC(O)C(=O)NC(COC1OC(CO)C(O)C(O)C1OC(=O)CCCCCCC/C=C\C/C=C\C/C=C\C/C=C\C/C=C\CC)C(O)/C=C/CCCCCCCCCCCC. The number of aliphatic hydroxyl groups excluding tert-OH is 5. The molecule has 1 fully saturated rings. The van der Waals surface area contributed by atoms with Gasteiger partial charge in [-0.2, -0.15) is 0 Å². The van der Waals surface area contributed by atoms with Crippen LogP contribution in [0.5, 0.6) is 0 Å². The van der Waals surface area contributed by atoms with Crippen LogP contribution in [-0.4, -0.2) is 99.6 Å². The first-order chi connectivity index (χ1) is 38.2. The Kier molecular flexibility index (Phi) is 48.8. The third kappa shape index (κ3) is 40.7. The van der Waals surface area contributed by atoms with E-state index in [2.05, 4.69) is 92.9 Å². The second-order valence-corrected chi connectivity index (χ2v) is 20.1. The normalized spacial score (nSPS) is 20.0. The van der Waals surface area contributed by atoms with Crippen LogP contribution in [0.3, 0.4) is 0 Å². The van der Waals surface area contributed by atoms with Crippen molar-refractivity contribution in [3.63, 3.8) is 0 Å². The first kappa shape index (κ1) is 71.6. The van der Waals surface area contributed by atoms with E-state index in [1.807, 2.05) is 72.9 Å². The van der Waals surface area contributed by atoms with Crippen molar-refractivity contribution < 1.29 is 49.3 Å². The highest BCUT2D eigenvalue weighted by Gasteiger charge is 2.47. The summed E-state index contributed by atoms with van der Waals surface area (Å²) >= 11 is 0. The molecule has 11 heteroatoms. The van der Waals surface area contributed by atoms with Crippen LogP contribution in [0.4, 0.5) is 0 Å². The Bertz CT molecular complexity index is 1820. The van der Waals surface area contributed by atoms with Gasteiger partial charge in [-0.25, -0.2) is 0 Å². The summed E-state index contributed by atoms with van der Waals surface area (Å²) in [5, 5.41) is 56.9. The Hall–Kier alpha value is -4.46. The number of hydrogen-bond donors (Lipinski definition) is 6. The van der Waals surface area contributed by atoms with Crippen LogP contribution in [-0.2, 0) is 23.8 Å². The monoisotopic (exact) mass is 1090 g/mol. The zero-order chi connectivity index (χ0) is 56.8. The summed E-state index contributed by atoms with van der Waals surface area (Å²) in [4.78, 5) is 26.5. The van der Waals surface area contributed by atoms with Crippen LogP contribution >= 0.6 is 0 Å². The third-order valence-electron chi connectivity index (χ3n) is 13.1. The van der Waals surface area contributed by atoms with Gasteiger partial charge in [0.15, 0.2) is 12.4 Å². The van der Waals surface area contributed by atoms with Crippen molar-refractivity contribution in [1.82, 2.24) is 5.32 Å². The van der Waals surface area contributed by atoms with Gasteiger partial charge in [0.05, 0.1) is 25.4 Å². The van der Waals surface area contributed by atoms with Crippen LogP contribution in [0.15, 0.2) is 146 Å². The van der Waals surface area contributed by atoms with E-state index >= 15 is 0 Å². The van der Waals surface area contributed by atoms with Crippen molar-refractivity contribution in [2.24, 2.45) is 0 Å². The number of unbranched alkanes of at least 4 members (excludes halogenated alkanes) is 17. The molecule has 0 aliphatic carbocycles. The maximum atomic E-state index is 13.4. The van der Waals surface area contributed by atoms with Gasteiger partial charge in [0.1, 0.15) is 24.4 Å². The molecular weight excluding hydrogens is 979 g/mol. The lowest BCUT2D eigenvalue weighted by atomic mass is 9.99. The predicted octanol–water partition coefficient (Wildman–Crippen LogP) is 14.2. The van der Waals surface area contributed by atoms with Gasteiger partial charge in [0.25, 0.3) is 0 Å². The molecule has 0 aromatic carbocycles. The maximum Gasteiger partial charge on any atom is 0.306 e. The number of hydrogen-bond acceptors (Lipinski definition) is 10. The zero-order valence-electron chi connectivity index (χ0n) is 48.5. The van der Waals surface area contributed by atoms with E-state index in [-0.39, 0.29) is 19.4 Å².